The number of hydrogen-bond donors (Lipinski definition) is 2. The molecule has 94 valence electrons. The van der Waals surface area contributed by atoms with E-state index in [4.69, 9.17) is 0 Å². The van der Waals surface area contributed by atoms with Gasteiger partial charge in [0.05, 0.1) is 0 Å². The first-order valence-electron chi connectivity index (χ1n) is 5.47. The maximum absolute atomic E-state index is 11.8. The number of rotatable bonds is 5. The maximum atomic E-state index is 11.8. The van der Waals surface area contributed by atoms with E-state index in [0.29, 0.717) is 16.6 Å². The van der Waals surface area contributed by atoms with Gasteiger partial charge in [-0.15, -0.1) is 0 Å². The van der Waals surface area contributed by atoms with Crippen molar-refractivity contribution in [1.82, 2.24) is 19.8 Å². The van der Waals surface area contributed by atoms with Crippen molar-refractivity contribution in [2.75, 3.05) is 17.2 Å². The molecule has 0 bridgehead atoms. The highest BCUT2D eigenvalue weighted by Gasteiger charge is 2.10. The molecular weight excluding hydrogens is 252 g/mol. The van der Waals surface area contributed by atoms with E-state index in [9.17, 15) is 4.79 Å². The Morgan fingerprint density at radius 3 is 3.06 bits per heavy atom. The molecule has 8 heteroatoms. The van der Waals surface area contributed by atoms with Crippen LogP contribution in [0.15, 0.2) is 18.2 Å². The fraction of sp³-hybridized carbons (Fsp3) is 0.300. The Bertz CT molecular complexity index is 515. The molecule has 2 aromatic heterocycles. The second kappa shape index (κ2) is 6.01. The normalized spacial score (nSPS) is 10.1. The van der Waals surface area contributed by atoms with Crippen LogP contribution >= 0.6 is 11.5 Å². The minimum Gasteiger partial charge on any atom is -0.370 e. The summed E-state index contributed by atoms with van der Waals surface area (Å²) in [6.07, 6.45) is 0.995. The molecule has 0 radical (unpaired) electrons. The van der Waals surface area contributed by atoms with Crippen molar-refractivity contribution in [1.29, 1.82) is 0 Å². The molecule has 1 amide bonds. The van der Waals surface area contributed by atoms with Gasteiger partial charge in [-0.2, -0.15) is 0 Å². The highest BCUT2D eigenvalue weighted by atomic mass is 32.1. The summed E-state index contributed by atoms with van der Waals surface area (Å²) in [5.41, 5.74) is 0.325. The first kappa shape index (κ1) is 12.4. The molecule has 2 rings (SSSR count). The summed E-state index contributed by atoms with van der Waals surface area (Å²) in [6, 6.07) is 5.23. The van der Waals surface area contributed by atoms with E-state index in [2.05, 4.69) is 37.3 Å². The van der Waals surface area contributed by atoms with Gasteiger partial charge in [0.15, 0.2) is 0 Å². The first-order chi connectivity index (χ1) is 8.79. The quantitative estimate of drug-likeness (QED) is 0.848. The number of nitrogens with zero attached hydrogens (tertiary/aromatic N) is 4. The Morgan fingerprint density at radius 2 is 2.33 bits per heavy atom. The van der Waals surface area contributed by atoms with Crippen LogP contribution in [0.2, 0.25) is 0 Å². The van der Waals surface area contributed by atoms with Crippen molar-refractivity contribution in [3.05, 3.63) is 23.9 Å². The van der Waals surface area contributed by atoms with Crippen LogP contribution in [0.5, 0.6) is 0 Å². The third-order valence-electron chi connectivity index (χ3n) is 2.06. The third kappa shape index (κ3) is 3.20. The molecule has 0 spiro atoms. The van der Waals surface area contributed by atoms with Gasteiger partial charge < -0.3 is 5.32 Å². The minimum absolute atomic E-state index is 0.325. The Morgan fingerprint density at radius 1 is 1.44 bits per heavy atom. The standard InChI is InChI=1S/C10H12N6OS/c1-2-6-11-8-5-3-4-7(12-8)9(17)13-10-14-15-16-18-10/h3-5H,2,6H2,1H3,(H,11,12)(H,13,14,16,17). The summed E-state index contributed by atoms with van der Waals surface area (Å²) >= 11 is 1.02. The summed E-state index contributed by atoms with van der Waals surface area (Å²) in [4.78, 5) is 16.1. The Hall–Kier alpha value is -2.09. The number of pyridine rings is 1. The summed E-state index contributed by atoms with van der Waals surface area (Å²) < 4.78 is 3.56. The lowest BCUT2D eigenvalue weighted by Gasteiger charge is -2.05. The van der Waals surface area contributed by atoms with Crippen LogP contribution in [-0.4, -0.2) is 32.2 Å². The van der Waals surface area contributed by atoms with Gasteiger partial charge in [0, 0.05) is 18.1 Å². The van der Waals surface area contributed by atoms with E-state index in [1.807, 2.05) is 6.07 Å². The summed E-state index contributed by atoms with van der Waals surface area (Å²) in [5, 5.41) is 13.1. The van der Waals surface area contributed by atoms with E-state index < -0.39 is 0 Å². The van der Waals surface area contributed by atoms with Crippen LogP contribution < -0.4 is 10.6 Å². The summed E-state index contributed by atoms with van der Waals surface area (Å²) in [5.74, 6) is 0.355. The van der Waals surface area contributed by atoms with Gasteiger partial charge in [-0.3, -0.25) is 10.1 Å². The lowest BCUT2D eigenvalue weighted by atomic mass is 10.3. The molecule has 0 aliphatic carbocycles. The number of carbonyl (C=O) groups excluding carboxylic acids is 1. The second-order valence-electron chi connectivity index (χ2n) is 3.46. The lowest BCUT2D eigenvalue weighted by molar-refractivity contribution is 0.102. The number of aromatic nitrogens is 4. The van der Waals surface area contributed by atoms with Crippen LogP contribution in [0.3, 0.4) is 0 Å². The molecule has 0 aliphatic heterocycles. The summed E-state index contributed by atoms with van der Waals surface area (Å²) in [6.45, 7) is 2.88. The minimum atomic E-state index is -0.325. The number of hydrogen-bond acceptors (Lipinski definition) is 7. The first-order valence-corrected chi connectivity index (χ1v) is 6.24. The summed E-state index contributed by atoms with van der Waals surface area (Å²) in [7, 11) is 0. The number of anilines is 2. The van der Waals surface area contributed by atoms with Gasteiger partial charge in [-0.1, -0.05) is 22.6 Å². The molecule has 0 fully saturated rings. The van der Waals surface area contributed by atoms with Gasteiger partial charge in [-0.05, 0) is 23.8 Å². The van der Waals surface area contributed by atoms with Crippen LogP contribution in [0.4, 0.5) is 10.9 Å². The van der Waals surface area contributed by atoms with Crippen molar-refractivity contribution in [2.24, 2.45) is 0 Å². The average Bonchev–Trinajstić information content (AvgIpc) is 2.89. The predicted molar refractivity (Wildman–Crippen MR) is 68.7 cm³/mol. The molecule has 2 aromatic rings. The zero-order valence-electron chi connectivity index (χ0n) is 9.75. The van der Waals surface area contributed by atoms with Crippen LogP contribution in [0.1, 0.15) is 23.8 Å². The largest absolute Gasteiger partial charge is 0.370 e. The van der Waals surface area contributed by atoms with E-state index in [-0.39, 0.29) is 5.91 Å². The average molecular weight is 264 g/mol. The van der Waals surface area contributed by atoms with E-state index >= 15 is 0 Å². The highest BCUT2D eigenvalue weighted by Crippen LogP contribution is 2.09. The van der Waals surface area contributed by atoms with Crippen molar-refractivity contribution in [3.8, 4) is 0 Å². The van der Waals surface area contributed by atoms with E-state index in [1.54, 1.807) is 12.1 Å². The topological polar surface area (TPSA) is 92.7 Å². The fourth-order valence-corrected chi connectivity index (χ4v) is 1.62. The molecular formula is C10H12N6OS. The molecule has 0 unspecified atom stereocenters. The van der Waals surface area contributed by atoms with Crippen molar-refractivity contribution in [3.63, 3.8) is 0 Å². The van der Waals surface area contributed by atoms with Gasteiger partial charge >= 0.3 is 0 Å². The maximum Gasteiger partial charge on any atom is 0.276 e. The fourth-order valence-electron chi connectivity index (χ4n) is 1.26. The van der Waals surface area contributed by atoms with Crippen LogP contribution in [0, 0.1) is 0 Å². The molecule has 2 N–H and O–H groups in total. The number of nitrogens with one attached hydrogen (secondary N) is 2. The number of amides is 1. The van der Waals surface area contributed by atoms with Gasteiger partial charge in [0.25, 0.3) is 5.91 Å². The molecule has 0 atom stereocenters. The zero-order chi connectivity index (χ0) is 12.8. The van der Waals surface area contributed by atoms with Crippen LogP contribution in [0.25, 0.3) is 0 Å². The van der Waals surface area contributed by atoms with Gasteiger partial charge in [0.2, 0.25) is 5.13 Å². The third-order valence-corrected chi connectivity index (χ3v) is 2.57. The molecule has 2 heterocycles. The lowest BCUT2D eigenvalue weighted by Crippen LogP contribution is -2.14. The highest BCUT2D eigenvalue weighted by molar-refractivity contribution is 7.09. The molecule has 7 nitrogen and oxygen atoms in total. The van der Waals surface area contributed by atoms with Gasteiger partial charge in [0.1, 0.15) is 11.5 Å². The SMILES string of the molecule is CCCNc1cccc(C(=O)Nc2nnns2)n1. The van der Waals surface area contributed by atoms with Crippen molar-refractivity contribution in [2.45, 2.75) is 13.3 Å². The number of carbonyl (C=O) groups is 1. The monoisotopic (exact) mass is 264 g/mol. The Kier molecular flexibility index (Phi) is 4.13. The van der Waals surface area contributed by atoms with Gasteiger partial charge in [-0.25, -0.2) is 4.98 Å². The van der Waals surface area contributed by atoms with Crippen molar-refractivity contribution < 1.29 is 4.79 Å². The smallest absolute Gasteiger partial charge is 0.276 e. The predicted octanol–water partition coefficient (Wildman–Crippen LogP) is 1.40. The Balaban J connectivity index is 2.05. The van der Waals surface area contributed by atoms with Crippen molar-refractivity contribution >= 4 is 28.4 Å². The molecule has 0 saturated carbocycles. The van der Waals surface area contributed by atoms with E-state index in [0.717, 1.165) is 24.5 Å². The Labute approximate surface area is 108 Å². The molecule has 0 aliphatic rings. The zero-order valence-corrected chi connectivity index (χ0v) is 10.6. The molecule has 0 aromatic carbocycles. The van der Waals surface area contributed by atoms with E-state index in [1.165, 1.54) is 0 Å². The van der Waals surface area contributed by atoms with Crippen LogP contribution in [-0.2, 0) is 0 Å². The second-order valence-corrected chi connectivity index (χ2v) is 4.19. The molecule has 0 saturated heterocycles. The molecule has 18 heavy (non-hydrogen) atoms.